The zero-order valence-electron chi connectivity index (χ0n) is 23.9. The minimum Gasteiger partial charge on any atom is -0.462 e. The van der Waals surface area contributed by atoms with Crippen molar-refractivity contribution in [1.82, 2.24) is 30.6 Å². The lowest BCUT2D eigenvalue weighted by molar-refractivity contribution is -0.136. The van der Waals surface area contributed by atoms with Crippen LogP contribution in [-0.4, -0.2) is 73.6 Å². The first kappa shape index (κ1) is 33.3. The number of imide groups is 2. The fourth-order valence-corrected chi connectivity index (χ4v) is 4.45. The van der Waals surface area contributed by atoms with Gasteiger partial charge in [-0.15, -0.1) is 0 Å². The summed E-state index contributed by atoms with van der Waals surface area (Å²) in [6.45, 7) is 11.2. The predicted octanol–water partition coefficient (Wildman–Crippen LogP) is 2.04. The molecule has 3 N–H and O–H groups in total. The van der Waals surface area contributed by atoms with Gasteiger partial charge in [-0.1, -0.05) is 15.9 Å². The zero-order chi connectivity index (χ0) is 30.9. The number of alkyl halides is 1. The van der Waals surface area contributed by atoms with Crippen molar-refractivity contribution in [2.45, 2.75) is 78.1 Å². The summed E-state index contributed by atoms with van der Waals surface area (Å²) in [5.41, 5.74) is 3.48. The van der Waals surface area contributed by atoms with E-state index in [0.29, 0.717) is 54.1 Å². The number of ether oxygens (including phenoxy) is 2. The maximum Gasteiger partial charge on any atom is 0.341 e. The van der Waals surface area contributed by atoms with Crippen molar-refractivity contribution in [3.05, 3.63) is 33.9 Å². The maximum absolute atomic E-state index is 11.9. The van der Waals surface area contributed by atoms with Crippen LogP contribution in [0.4, 0.5) is 0 Å². The monoisotopic (exact) mass is 638 g/mol. The van der Waals surface area contributed by atoms with Crippen molar-refractivity contribution in [2.75, 3.05) is 13.2 Å². The topological polar surface area (TPSA) is 191 Å². The van der Waals surface area contributed by atoms with E-state index in [1.165, 1.54) is 4.68 Å². The van der Waals surface area contributed by atoms with E-state index in [0.717, 1.165) is 5.69 Å². The van der Waals surface area contributed by atoms with Crippen molar-refractivity contribution in [2.24, 2.45) is 0 Å². The van der Waals surface area contributed by atoms with Crippen LogP contribution < -0.4 is 10.6 Å². The van der Waals surface area contributed by atoms with E-state index >= 15 is 0 Å². The van der Waals surface area contributed by atoms with Gasteiger partial charge in [-0.25, -0.2) is 9.59 Å². The number of carbonyl (C=O) groups excluding carboxylic acids is 6. The summed E-state index contributed by atoms with van der Waals surface area (Å²) < 4.78 is 11.3. The highest BCUT2D eigenvalue weighted by Gasteiger charge is 2.32. The van der Waals surface area contributed by atoms with Gasteiger partial charge < -0.3 is 9.47 Å². The average molecular weight is 640 g/mol. The number of amides is 4. The highest BCUT2D eigenvalue weighted by Crippen LogP contribution is 2.24. The Morgan fingerprint density at radius 2 is 1.39 bits per heavy atom. The normalized spacial score (nSPS) is 18.2. The number of aromatic nitrogens is 4. The Hall–Kier alpha value is -3.88. The largest absolute Gasteiger partial charge is 0.462 e. The summed E-state index contributed by atoms with van der Waals surface area (Å²) in [6.07, 6.45) is 1.71. The molecule has 0 bridgehead atoms. The molecule has 15 heteroatoms. The number of nitrogens with one attached hydrogen (secondary N) is 3. The first-order valence-electron chi connectivity index (χ1n) is 13.0. The number of H-pyrrole nitrogens is 1. The molecule has 2 unspecified atom stereocenters. The molecule has 2 saturated heterocycles. The van der Waals surface area contributed by atoms with Gasteiger partial charge in [0.15, 0.2) is 0 Å². The average Bonchev–Trinajstić information content (AvgIpc) is 3.39. The molecule has 2 aliphatic heterocycles. The van der Waals surface area contributed by atoms with Gasteiger partial charge in [-0.3, -0.25) is 39.6 Å². The lowest BCUT2D eigenvalue weighted by Gasteiger charge is -2.22. The molecule has 4 heterocycles. The molecule has 0 radical (unpaired) electrons. The maximum atomic E-state index is 11.9. The van der Waals surface area contributed by atoms with Crippen molar-refractivity contribution >= 4 is 51.5 Å². The second-order valence-electron chi connectivity index (χ2n) is 9.13. The van der Waals surface area contributed by atoms with Crippen LogP contribution in [0, 0.1) is 27.7 Å². The minimum atomic E-state index is -0.561. The molecule has 2 fully saturated rings. The van der Waals surface area contributed by atoms with Crippen LogP contribution in [-0.2, 0) is 28.7 Å². The van der Waals surface area contributed by atoms with E-state index in [4.69, 9.17) is 9.47 Å². The lowest BCUT2D eigenvalue weighted by Crippen LogP contribution is -2.42. The molecule has 0 aromatic carbocycles. The highest BCUT2D eigenvalue weighted by atomic mass is 79.9. The van der Waals surface area contributed by atoms with Gasteiger partial charge in [-0.05, 0) is 54.4 Å². The van der Waals surface area contributed by atoms with Crippen LogP contribution in [0.15, 0.2) is 0 Å². The lowest BCUT2D eigenvalue weighted by atomic mass is 10.1. The summed E-state index contributed by atoms with van der Waals surface area (Å²) in [4.78, 5) is 67.1. The molecule has 0 spiro atoms. The minimum absolute atomic E-state index is 0.171. The van der Waals surface area contributed by atoms with E-state index in [1.54, 1.807) is 41.5 Å². The summed E-state index contributed by atoms with van der Waals surface area (Å²) in [7, 11) is 0. The molecule has 4 rings (SSSR count). The zero-order valence-corrected chi connectivity index (χ0v) is 25.5. The molecule has 2 aromatic heterocycles. The van der Waals surface area contributed by atoms with Crippen molar-refractivity contribution in [3.63, 3.8) is 0 Å². The van der Waals surface area contributed by atoms with Gasteiger partial charge >= 0.3 is 11.9 Å². The Morgan fingerprint density at radius 1 is 0.854 bits per heavy atom. The number of aryl methyl sites for hydroxylation is 3. The van der Waals surface area contributed by atoms with Gasteiger partial charge in [0.05, 0.1) is 35.1 Å². The molecule has 224 valence electrons. The number of esters is 2. The van der Waals surface area contributed by atoms with Gasteiger partial charge in [0, 0.05) is 18.5 Å². The summed E-state index contributed by atoms with van der Waals surface area (Å²) in [6, 6.07) is -0.561. The smallest absolute Gasteiger partial charge is 0.341 e. The molecular weight excluding hydrogens is 604 g/mol. The molecule has 41 heavy (non-hydrogen) atoms. The van der Waals surface area contributed by atoms with Crippen LogP contribution in [0.5, 0.6) is 0 Å². The van der Waals surface area contributed by atoms with Crippen molar-refractivity contribution in [3.8, 4) is 0 Å². The molecule has 0 saturated carbocycles. The van der Waals surface area contributed by atoms with Crippen LogP contribution in [0.2, 0.25) is 0 Å². The Labute approximate surface area is 245 Å². The van der Waals surface area contributed by atoms with Crippen LogP contribution >= 0.6 is 15.9 Å². The highest BCUT2D eigenvalue weighted by molar-refractivity contribution is 9.10. The summed E-state index contributed by atoms with van der Waals surface area (Å²) in [5, 5.41) is 15.4. The molecule has 2 aliphatic rings. The number of nitrogens with zero attached hydrogens (tertiary/aromatic N) is 3. The third-order valence-corrected chi connectivity index (χ3v) is 6.96. The Balaban J connectivity index is 0.000000237. The molecular formula is C26H35BrN6O8. The van der Waals surface area contributed by atoms with E-state index in [1.807, 2.05) is 0 Å². The van der Waals surface area contributed by atoms with Crippen LogP contribution in [0.25, 0.3) is 0 Å². The SMILES string of the molecule is CCOC(=O)c1c(C)n[nH]c1C.CCOC(=O)c1c(C)nn(C2CCC(=O)NC2=O)c1C.O=C1CCC(Br)C(=O)N1. The number of rotatable bonds is 5. The third kappa shape index (κ3) is 8.80. The van der Waals surface area contributed by atoms with E-state index in [9.17, 15) is 28.8 Å². The Kier molecular flexibility index (Phi) is 12.4. The quantitative estimate of drug-likeness (QED) is 0.248. The number of carbonyl (C=O) groups is 6. The predicted molar refractivity (Wildman–Crippen MR) is 148 cm³/mol. The molecule has 4 amide bonds. The van der Waals surface area contributed by atoms with E-state index in [-0.39, 0.29) is 47.5 Å². The first-order chi connectivity index (χ1) is 19.3. The van der Waals surface area contributed by atoms with Crippen molar-refractivity contribution in [1.29, 1.82) is 0 Å². The number of aromatic amines is 1. The summed E-state index contributed by atoms with van der Waals surface area (Å²) in [5.74, 6) is -1.80. The standard InChI is InChI=1S/C13H17N3O4.C8H12N2O2.C5H6BrNO2/c1-4-20-13(19)11-7(2)15-16(8(11)3)9-5-6-10(17)14-12(9)18;1-4-12-8(11)7-5(2)9-10-6(7)3;6-3-1-2-4(8)7-5(3)9/h9H,4-6H2,1-3H3,(H,14,17,18);4H2,1-3H3,(H,9,10);3H,1-2H2,(H,7,8,9). The fourth-order valence-electron chi connectivity index (χ4n) is 4.10. The number of halogens is 1. The number of hydrogen-bond acceptors (Lipinski definition) is 10. The van der Waals surface area contributed by atoms with Crippen LogP contribution in [0.3, 0.4) is 0 Å². The van der Waals surface area contributed by atoms with Gasteiger partial charge in [0.1, 0.15) is 17.2 Å². The first-order valence-corrected chi connectivity index (χ1v) is 14.0. The van der Waals surface area contributed by atoms with Crippen LogP contribution in [0.1, 0.15) is 89.1 Å². The molecule has 0 aliphatic carbocycles. The molecule has 2 atom stereocenters. The van der Waals surface area contributed by atoms with Gasteiger partial charge in [0.25, 0.3) is 5.91 Å². The Morgan fingerprint density at radius 3 is 1.85 bits per heavy atom. The van der Waals surface area contributed by atoms with Gasteiger partial charge in [-0.2, -0.15) is 10.2 Å². The number of piperidine rings is 2. The molecule has 2 aromatic rings. The van der Waals surface area contributed by atoms with E-state index < -0.39 is 12.0 Å². The third-order valence-electron chi connectivity index (χ3n) is 6.09. The molecule has 14 nitrogen and oxygen atoms in total. The second-order valence-corrected chi connectivity index (χ2v) is 10.2. The fraction of sp³-hybridized carbons (Fsp3) is 0.538. The summed E-state index contributed by atoms with van der Waals surface area (Å²) >= 11 is 3.12. The Bertz CT molecular complexity index is 1300. The number of hydrogen-bond donors (Lipinski definition) is 3. The second kappa shape index (κ2) is 15.2. The van der Waals surface area contributed by atoms with Gasteiger partial charge in [0.2, 0.25) is 17.7 Å². The van der Waals surface area contributed by atoms with E-state index in [2.05, 4.69) is 41.9 Å². The van der Waals surface area contributed by atoms with Crippen molar-refractivity contribution < 1.29 is 38.2 Å².